The number of alkyl halides is 1. The van der Waals surface area contributed by atoms with Gasteiger partial charge in [0.25, 0.3) is 0 Å². The number of anilines is 1. The molecule has 0 spiro atoms. The van der Waals surface area contributed by atoms with E-state index < -0.39 is 0 Å². The minimum absolute atomic E-state index is 0.0468. The number of fused-ring (bicyclic) bond motifs is 1. The number of rotatable bonds is 6. The summed E-state index contributed by atoms with van der Waals surface area (Å²) in [6, 6.07) is 5.98. The normalized spacial score (nSPS) is 13.1. The number of thiazole rings is 1. The van der Waals surface area contributed by atoms with Gasteiger partial charge < -0.3 is 14.8 Å². The molecule has 5 nitrogen and oxygen atoms in total. The first-order chi connectivity index (χ1) is 12.4. The van der Waals surface area contributed by atoms with Crippen molar-refractivity contribution in [2.75, 3.05) is 18.0 Å². The maximum Gasteiger partial charge on any atom is 0.231 e. The molecule has 26 heavy (non-hydrogen) atoms. The molecule has 1 aromatic carbocycles. The topological polar surface area (TPSA) is 60.5 Å². The van der Waals surface area contributed by atoms with Crippen molar-refractivity contribution in [3.05, 3.63) is 34.3 Å². The van der Waals surface area contributed by atoms with Crippen LogP contribution in [0.1, 0.15) is 49.7 Å². The molecular formula is C19H23ClN2O3S. The first kappa shape index (κ1) is 19.0. The zero-order valence-corrected chi connectivity index (χ0v) is 16.8. The third-order valence-corrected chi connectivity index (χ3v) is 5.23. The van der Waals surface area contributed by atoms with E-state index in [1.165, 1.54) is 11.3 Å². The highest BCUT2D eigenvalue weighted by molar-refractivity contribution is 7.15. The van der Waals surface area contributed by atoms with Crippen LogP contribution in [0.4, 0.5) is 5.13 Å². The molecule has 0 radical (unpaired) electrons. The zero-order valence-electron chi connectivity index (χ0n) is 15.2. The Bertz CT molecular complexity index is 799. The number of carbonyl (C=O) groups excluding carboxylic acids is 1. The molecule has 140 valence electrons. The van der Waals surface area contributed by atoms with Gasteiger partial charge >= 0.3 is 0 Å². The Morgan fingerprint density at radius 2 is 2.08 bits per heavy atom. The Balaban J connectivity index is 1.82. The van der Waals surface area contributed by atoms with Gasteiger partial charge in [0.05, 0.1) is 5.69 Å². The van der Waals surface area contributed by atoms with Crippen LogP contribution in [0.25, 0.3) is 0 Å². The van der Waals surface area contributed by atoms with E-state index in [1.807, 2.05) is 18.2 Å². The summed E-state index contributed by atoms with van der Waals surface area (Å²) in [6.45, 7) is 6.66. The van der Waals surface area contributed by atoms with E-state index in [0.717, 1.165) is 34.1 Å². The van der Waals surface area contributed by atoms with E-state index in [9.17, 15) is 4.79 Å². The molecule has 0 bridgehead atoms. The highest BCUT2D eigenvalue weighted by atomic mass is 35.5. The molecule has 3 rings (SSSR count). The van der Waals surface area contributed by atoms with Gasteiger partial charge in [-0.25, -0.2) is 4.98 Å². The number of halogens is 1. The summed E-state index contributed by atoms with van der Waals surface area (Å²) in [4.78, 5) is 17.8. The Labute approximate surface area is 162 Å². The molecule has 1 aromatic heterocycles. The van der Waals surface area contributed by atoms with Crippen LogP contribution in [0, 0.1) is 0 Å². The summed E-state index contributed by atoms with van der Waals surface area (Å²) in [5.41, 5.74) is 2.03. The van der Waals surface area contributed by atoms with E-state index in [0.29, 0.717) is 23.9 Å². The smallest absolute Gasteiger partial charge is 0.231 e. The molecule has 0 unspecified atom stereocenters. The molecule has 1 amide bonds. The van der Waals surface area contributed by atoms with Gasteiger partial charge in [-0.3, -0.25) is 4.79 Å². The highest BCUT2D eigenvalue weighted by Crippen LogP contribution is 2.37. The van der Waals surface area contributed by atoms with Crippen LogP contribution in [-0.4, -0.2) is 23.6 Å². The molecule has 2 aromatic rings. The van der Waals surface area contributed by atoms with Crippen molar-refractivity contribution < 1.29 is 14.3 Å². The van der Waals surface area contributed by atoms with Crippen molar-refractivity contribution >= 4 is 34.0 Å². The molecule has 1 N–H and O–H groups in total. The van der Waals surface area contributed by atoms with Crippen molar-refractivity contribution in [3.63, 3.8) is 0 Å². The Hall–Kier alpha value is -1.79. The lowest BCUT2D eigenvalue weighted by Crippen LogP contribution is -2.15. The van der Waals surface area contributed by atoms with Crippen LogP contribution in [0.15, 0.2) is 18.2 Å². The largest absolute Gasteiger partial charge is 0.454 e. The molecule has 1 aliphatic heterocycles. The summed E-state index contributed by atoms with van der Waals surface area (Å²) in [7, 11) is 0. The van der Waals surface area contributed by atoms with E-state index in [2.05, 4.69) is 26.1 Å². The fourth-order valence-electron chi connectivity index (χ4n) is 2.76. The second-order valence-electron chi connectivity index (χ2n) is 7.25. The molecular weight excluding hydrogens is 372 g/mol. The number of amides is 1. The van der Waals surface area contributed by atoms with Crippen LogP contribution in [-0.2, 0) is 16.6 Å². The lowest BCUT2D eigenvalue weighted by Gasteiger charge is -2.17. The fraction of sp³-hybridized carbons (Fsp3) is 0.474. The number of nitrogens with one attached hydrogen (secondary N) is 1. The number of hydrogen-bond donors (Lipinski definition) is 1. The van der Waals surface area contributed by atoms with Crippen LogP contribution >= 0.6 is 22.9 Å². The third kappa shape index (κ3) is 4.48. The summed E-state index contributed by atoms with van der Waals surface area (Å²) < 4.78 is 10.8. The van der Waals surface area contributed by atoms with Crippen LogP contribution in [0.2, 0.25) is 0 Å². The second-order valence-corrected chi connectivity index (χ2v) is 8.71. The molecule has 0 atom stereocenters. The van der Waals surface area contributed by atoms with Gasteiger partial charge in [-0.15, -0.1) is 22.9 Å². The number of hydrogen-bond acceptors (Lipinski definition) is 5. The van der Waals surface area contributed by atoms with Gasteiger partial charge in [0.2, 0.25) is 12.7 Å². The average molecular weight is 395 g/mol. The van der Waals surface area contributed by atoms with Gasteiger partial charge in [-0.1, -0.05) is 26.8 Å². The van der Waals surface area contributed by atoms with Gasteiger partial charge in [-0.05, 0) is 24.1 Å². The van der Waals surface area contributed by atoms with Crippen molar-refractivity contribution in [2.24, 2.45) is 0 Å². The zero-order chi connectivity index (χ0) is 18.7. The number of ether oxygens (including phenoxy) is 2. The van der Waals surface area contributed by atoms with Crippen LogP contribution in [0.5, 0.6) is 11.5 Å². The standard InChI is InChI=1S/C19H23ClN2O3S/c1-19(2,3)17-15(26-18(22-17)21-16(23)5-4-8-20)10-12-6-7-13-14(9-12)25-11-24-13/h6-7,9H,4-5,8,10-11H2,1-3H3,(H,21,22,23). The maximum absolute atomic E-state index is 12.0. The minimum Gasteiger partial charge on any atom is -0.454 e. The monoisotopic (exact) mass is 394 g/mol. The van der Waals surface area contributed by atoms with Crippen molar-refractivity contribution in [1.82, 2.24) is 4.98 Å². The molecule has 0 saturated carbocycles. The first-order valence-electron chi connectivity index (χ1n) is 8.61. The summed E-state index contributed by atoms with van der Waals surface area (Å²) in [6.07, 6.45) is 1.80. The van der Waals surface area contributed by atoms with Crippen LogP contribution < -0.4 is 14.8 Å². The fourth-order valence-corrected chi connectivity index (χ4v) is 4.11. The van der Waals surface area contributed by atoms with E-state index >= 15 is 0 Å². The van der Waals surface area contributed by atoms with E-state index in [1.54, 1.807) is 0 Å². The predicted molar refractivity (Wildman–Crippen MR) is 105 cm³/mol. The van der Waals surface area contributed by atoms with Crippen molar-refractivity contribution in [1.29, 1.82) is 0 Å². The summed E-state index contributed by atoms with van der Waals surface area (Å²) in [5, 5.41) is 3.55. The van der Waals surface area contributed by atoms with Gasteiger partial charge in [-0.2, -0.15) is 0 Å². The Kier molecular flexibility index (Phi) is 5.73. The lowest BCUT2D eigenvalue weighted by molar-refractivity contribution is -0.116. The summed E-state index contributed by atoms with van der Waals surface area (Å²) >= 11 is 7.18. The van der Waals surface area contributed by atoms with Crippen LogP contribution in [0.3, 0.4) is 0 Å². The number of benzene rings is 1. The molecule has 1 aliphatic rings. The van der Waals surface area contributed by atoms with Crippen molar-refractivity contribution in [2.45, 2.75) is 45.4 Å². The third-order valence-electron chi connectivity index (χ3n) is 3.99. The van der Waals surface area contributed by atoms with Crippen molar-refractivity contribution in [3.8, 4) is 11.5 Å². The SMILES string of the molecule is CC(C)(C)c1nc(NC(=O)CCCCl)sc1Cc1ccc2c(c1)OCO2. The van der Waals surface area contributed by atoms with Gasteiger partial charge in [0.1, 0.15) is 0 Å². The Morgan fingerprint density at radius 3 is 2.81 bits per heavy atom. The Morgan fingerprint density at radius 1 is 1.31 bits per heavy atom. The second kappa shape index (κ2) is 7.84. The maximum atomic E-state index is 12.0. The molecule has 0 aliphatic carbocycles. The molecule has 7 heteroatoms. The first-order valence-corrected chi connectivity index (χ1v) is 9.96. The van der Waals surface area contributed by atoms with E-state index in [-0.39, 0.29) is 18.1 Å². The lowest BCUT2D eigenvalue weighted by atomic mass is 9.90. The van der Waals surface area contributed by atoms with E-state index in [4.69, 9.17) is 26.1 Å². The molecule has 0 saturated heterocycles. The molecule has 0 fully saturated rings. The van der Waals surface area contributed by atoms with Gasteiger partial charge in [0.15, 0.2) is 16.6 Å². The quantitative estimate of drug-likeness (QED) is 0.720. The predicted octanol–water partition coefficient (Wildman–Crippen LogP) is 4.72. The minimum atomic E-state index is -0.110. The average Bonchev–Trinajstić information content (AvgIpc) is 3.19. The number of nitrogens with zero attached hydrogens (tertiary/aromatic N) is 1. The summed E-state index contributed by atoms with van der Waals surface area (Å²) in [5.74, 6) is 1.99. The van der Waals surface area contributed by atoms with Gasteiger partial charge in [0, 0.05) is 29.0 Å². The molecule has 2 heterocycles. The number of carbonyl (C=O) groups is 1. The highest BCUT2D eigenvalue weighted by Gasteiger charge is 2.24. The number of aromatic nitrogens is 1.